The van der Waals surface area contributed by atoms with Crippen LogP contribution in [-0.2, 0) is 13.5 Å². The number of benzene rings is 1. The molecule has 0 saturated carbocycles. The van der Waals surface area contributed by atoms with Gasteiger partial charge in [0.1, 0.15) is 0 Å². The first-order valence-electron chi connectivity index (χ1n) is 6.69. The largest absolute Gasteiger partial charge is 0.493 e. The normalized spacial score (nSPS) is 13.5. The minimum absolute atomic E-state index is 0.0394. The molecule has 2 heterocycles. The van der Waals surface area contributed by atoms with E-state index in [2.05, 4.69) is 10.4 Å². The number of hydrogen-bond acceptors (Lipinski definition) is 4. The average molecular weight is 271 g/mol. The lowest BCUT2D eigenvalue weighted by atomic mass is 9.94. The van der Waals surface area contributed by atoms with Crippen LogP contribution >= 0.6 is 0 Å². The summed E-state index contributed by atoms with van der Waals surface area (Å²) in [6.07, 6.45) is 3.53. The summed E-state index contributed by atoms with van der Waals surface area (Å²) in [7, 11) is 3.30. The molecule has 1 N–H and O–H groups in total. The molecule has 2 aromatic rings. The monoisotopic (exact) mass is 271 g/mol. The fourth-order valence-electron chi connectivity index (χ4n) is 2.68. The number of aryl methyl sites for hydroxylation is 1. The number of aromatic nitrogens is 2. The quantitative estimate of drug-likeness (QED) is 0.868. The Bertz CT molecular complexity index is 661. The molecule has 0 fully saturated rings. The number of ether oxygens (including phenoxy) is 1. The van der Waals surface area contributed by atoms with E-state index < -0.39 is 0 Å². The maximum atomic E-state index is 12.8. The smallest absolute Gasteiger partial charge is 0.215 e. The van der Waals surface area contributed by atoms with E-state index >= 15 is 0 Å². The van der Waals surface area contributed by atoms with Gasteiger partial charge in [-0.1, -0.05) is 12.1 Å². The summed E-state index contributed by atoms with van der Waals surface area (Å²) < 4.78 is 6.80. The summed E-state index contributed by atoms with van der Waals surface area (Å²) >= 11 is 0. The zero-order valence-corrected chi connectivity index (χ0v) is 11.6. The van der Waals surface area contributed by atoms with Crippen molar-refractivity contribution in [1.29, 1.82) is 0 Å². The molecule has 0 atom stereocenters. The van der Waals surface area contributed by atoms with Gasteiger partial charge in [-0.15, -0.1) is 0 Å². The van der Waals surface area contributed by atoms with Crippen molar-refractivity contribution in [2.45, 2.75) is 12.8 Å². The molecule has 1 aliphatic heterocycles. The Hall–Kier alpha value is -2.30. The number of rotatable bonds is 3. The molecule has 5 nitrogen and oxygen atoms in total. The number of methoxy groups -OCH3 is 1. The Kier molecular flexibility index (Phi) is 3.18. The summed E-state index contributed by atoms with van der Waals surface area (Å²) in [6.45, 7) is 0.958. The van der Waals surface area contributed by atoms with Crippen molar-refractivity contribution in [3.63, 3.8) is 0 Å². The lowest BCUT2D eigenvalue weighted by Crippen LogP contribution is -2.17. The zero-order chi connectivity index (χ0) is 14.1. The van der Waals surface area contributed by atoms with Crippen molar-refractivity contribution in [1.82, 2.24) is 9.78 Å². The van der Waals surface area contributed by atoms with Crippen LogP contribution in [0.25, 0.3) is 0 Å². The van der Waals surface area contributed by atoms with Crippen LogP contribution in [0.3, 0.4) is 0 Å². The Morgan fingerprint density at radius 2 is 2.30 bits per heavy atom. The van der Waals surface area contributed by atoms with Crippen molar-refractivity contribution in [3.8, 4) is 5.75 Å². The number of carbonyl (C=O) groups is 1. The highest BCUT2D eigenvalue weighted by atomic mass is 16.5. The Morgan fingerprint density at radius 1 is 1.45 bits per heavy atom. The van der Waals surface area contributed by atoms with Crippen LogP contribution in [0.2, 0.25) is 0 Å². The topological polar surface area (TPSA) is 56.2 Å². The van der Waals surface area contributed by atoms with Crippen LogP contribution in [0.1, 0.15) is 28.0 Å². The van der Waals surface area contributed by atoms with E-state index in [0.29, 0.717) is 11.4 Å². The van der Waals surface area contributed by atoms with E-state index in [0.717, 1.165) is 36.2 Å². The summed E-state index contributed by atoms with van der Waals surface area (Å²) in [6, 6.07) is 5.81. The standard InChI is InChI=1S/C15H17N3O2/c1-18-14(13(20-2)9-17-18)15(19)11-5-3-7-12-10(11)6-4-8-16-12/h3,5,7,9,16H,4,6,8H2,1-2H3. The molecular formula is C15H17N3O2. The molecule has 104 valence electrons. The molecule has 0 amide bonds. The third kappa shape index (κ3) is 1.95. The van der Waals surface area contributed by atoms with Crippen molar-refractivity contribution in [2.24, 2.45) is 7.05 Å². The maximum absolute atomic E-state index is 12.8. The first-order valence-corrected chi connectivity index (χ1v) is 6.69. The van der Waals surface area contributed by atoms with Gasteiger partial charge in [0.25, 0.3) is 0 Å². The molecule has 3 rings (SSSR count). The molecule has 5 heteroatoms. The second-order valence-electron chi connectivity index (χ2n) is 4.88. The molecule has 1 aromatic carbocycles. The van der Waals surface area contributed by atoms with E-state index in [4.69, 9.17) is 4.74 Å². The van der Waals surface area contributed by atoms with Gasteiger partial charge < -0.3 is 10.1 Å². The van der Waals surface area contributed by atoms with E-state index in [1.54, 1.807) is 25.0 Å². The third-order valence-corrected chi connectivity index (χ3v) is 3.68. The lowest BCUT2D eigenvalue weighted by Gasteiger charge is -2.20. The molecule has 0 spiro atoms. The van der Waals surface area contributed by atoms with Crippen LogP contribution < -0.4 is 10.1 Å². The SMILES string of the molecule is COc1cnn(C)c1C(=O)c1cccc2c1CCCN2. The van der Waals surface area contributed by atoms with Gasteiger partial charge in [-0.3, -0.25) is 9.48 Å². The molecule has 0 radical (unpaired) electrons. The first kappa shape index (κ1) is 12.7. The third-order valence-electron chi connectivity index (χ3n) is 3.68. The molecule has 0 aliphatic carbocycles. The number of hydrogen-bond donors (Lipinski definition) is 1. The Labute approximate surface area is 117 Å². The molecular weight excluding hydrogens is 254 g/mol. The van der Waals surface area contributed by atoms with Crippen molar-refractivity contribution < 1.29 is 9.53 Å². The van der Waals surface area contributed by atoms with Crippen molar-refractivity contribution in [2.75, 3.05) is 19.0 Å². The minimum atomic E-state index is -0.0394. The van der Waals surface area contributed by atoms with Gasteiger partial charge in [-0.25, -0.2) is 0 Å². The van der Waals surface area contributed by atoms with E-state index in [1.807, 2.05) is 18.2 Å². The number of carbonyl (C=O) groups excluding carboxylic acids is 1. The molecule has 1 aliphatic rings. The molecule has 0 saturated heterocycles. The van der Waals surface area contributed by atoms with Crippen LogP contribution in [0.4, 0.5) is 5.69 Å². The second kappa shape index (κ2) is 5.00. The summed E-state index contributed by atoms with van der Waals surface area (Å²) in [4.78, 5) is 12.8. The summed E-state index contributed by atoms with van der Waals surface area (Å²) in [5, 5.41) is 7.44. The van der Waals surface area contributed by atoms with Gasteiger partial charge in [0.15, 0.2) is 11.4 Å². The highest BCUT2D eigenvalue weighted by Crippen LogP contribution is 2.29. The number of nitrogens with one attached hydrogen (secondary N) is 1. The zero-order valence-electron chi connectivity index (χ0n) is 11.6. The summed E-state index contributed by atoms with van der Waals surface area (Å²) in [5.41, 5.74) is 3.37. The first-order chi connectivity index (χ1) is 9.72. The highest BCUT2D eigenvalue weighted by Gasteiger charge is 2.23. The predicted molar refractivity (Wildman–Crippen MR) is 76.4 cm³/mol. The van der Waals surface area contributed by atoms with Crippen LogP contribution in [0.5, 0.6) is 5.75 Å². The van der Waals surface area contributed by atoms with E-state index in [-0.39, 0.29) is 5.78 Å². The van der Waals surface area contributed by atoms with Crippen molar-refractivity contribution in [3.05, 3.63) is 41.2 Å². The minimum Gasteiger partial charge on any atom is -0.493 e. The van der Waals surface area contributed by atoms with Crippen LogP contribution in [-0.4, -0.2) is 29.2 Å². The number of nitrogens with zero attached hydrogens (tertiary/aromatic N) is 2. The van der Waals surface area contributed by atoms with Crippen LogP contribution in [0, 0.1) is 0 Å². The fraction of sp³-hybridized carbons (Fsp3) is 0.333. The Morgan fingerprint density at radius 3 is 3.10 bits per heavy atom. The second-order valence-corrected chi connectivity index (χ2v) is 4.88. The van der Waals surface area contributed by atoms with Gasteiger partial charge in [-0.2, -0.15) is 5.10 Å². The highest BCUT2D eigenvalue weighted by molar-refractivity contribution is 6.11. The number of ketones is 1. The molecule has 20 heavy (non-hydrogen) atoms. The van der Waals surface area contributed by atoms with Crippen LogP contribution in [0.15, 0.2) is 24.4 Å². The van der Waals surface area contributed by atoms with E-state index in [9.17, 15) is 4.79 Å². The fourth-order valence-corrected chi connectivity index (χ4v) is 2.68. The molecule has 0 unspecified atom stereocenters. The van der Waals surface area contributed by atoms with Gasteiger partial charge in [0.2, 0.25) is 5.78 Å². The Balaban J connectivity index is 2.09. The number of fused-ring (bicyclic) bond motifs is 1. The number of anilines is 1. The van der Waals surface area contributed by atoms with Gasteiger partial charge in [0, 0.05) is 24.8 Å². The molecule has 1 aromatic heterocycles. The lowest BCUT2D eigenvalue weighted by molar-refractivity contribution is 0.102. The maximum Gasteiger partial charge on any atom is 0.215 e. The molecule has 0 bridgehead atoms. The predicted octanol–water partition coefficient (Wildman–Crippen LogP) is 2.02. The van der Waals surface area contributed by atoms with Crippen molar-refractivity contribution >= 4 is 11.5 Å². The van der Waals surface area contributed by atoms with Gasteiger partial charge >= 0.3 is 0 Å². The van der Waals surface area contributed by atoms with Gasteiger partial charge in [0.05, 0.1) is 13.3 Å². The van der Waals surface area contributed by atoms with Gasteiger partial charge in [-0.05, 0) is 24.5 Å². The van der Waals surface area contributed by atoms with E-state index in [1.165, 1.54) is 0 Å². The average Bonchev–Trinajstić information content (AvgIpc) is 2.87. The summed E-state index contributed by atoms with van der Waals surface area (Å²) in [5.74, 6) is 0.473.